The van der Waals surface area contributed by atoms with Gasteiger partial charge in [-0.25, -0.2) is 0 Å². The number of ether oxygens (including phenoxy) is 1. The summed E-state index contributed by atoms with van der Waals surface area (Å²) in [5, 5.41) is 14.8. The number of hydrogen-bond donors (Lipinski definition) is 1. The first-order chi connectivity index (χ1) is 8.61. The molecule has 1 heterocycles. The van der Waals surface area contributed by atoms with Crippen molar-refractivity contribution < 1.29 is 9.84 Å². The summed E-state index contributed by atoms with van der Waals surface area (Å²) in [6, 6.07) is 2.35. The molecule has 0 aromatic carbocycles. The van der Waals surface area contributed by atoms with Gasteiger partial charge in [-0.2, -0.15) is 5.10 Å². The van der Waals surface area contributed by atoms with Gasteiger partial charge in [0, 0.05) is 25.3 Å². The van der Waals surface area contributed by atoms with Crippen molar-refractivity contribution in [1.29, 1.82) is 0 Å². The molecular formula is C14H24N2O2. The molecular weight excluding hydrogens is 228 g/mol. The lowest BCUT2D eigenvalue weighted by molar-refractivity contribution is -0.0443. The van der Waals surface area contributed by atoms with Gasteiger partial charge in [0.05, 0.1) is 17.9 Å². The van der Waals surface area contributed by atoms with E-state index in [4.69, 9.17) is 4.74 Å². The zero-order valence-electron chi connectivity index (χ0n) is 11.5. The number of aliphatic hydroxyl groups excluding tert-OH is 1. The quantitative estimate of drug-likeness (QED) is 0.809. The van der Waals surface area contributed by atoms with Crippen LogP contribution in [0.5, 0.6) is 0 Å². The highest BCUT2D eigenvalue weighted by Crippen LogP contribution is 2.36. The molecule has 0 amide bonds. The minimum Gasteiger partial charge on any atom is -0.390 e. The van der Waals surface area contributed by atoms with Gasteiger partial charge in [0.15, 0.2) is 0 Å². The summed E-state index contributed by atoms with van der Waals surface area (Å²) in [6.07, 6.45) is 4.47. The summed E-state index contributed by atoms with van der Waals surface area (Å²) >= 11 is 0. The molecule has 102 valence electrons. The molecule has 1 aromatic rings. The normalized spacial score (nSPS) is 19.2. The zero-order chi connectivity index (χ0) is 13.1. The van der Waals surface area contributed by atoms with Gasteiger partial charge in [-0.1, -0.05) is 0 Å². The van der Waals surface area contributed by atoms with Crippen LogP contribution in [0.2, 0.25) is 0 Å². The van der Waals surface area contributed by atoms with Crippen LogP contribution in [0.15, 0.2) is 12.3 Å². The van der Waals surface area contributed by atoms with Gasteiger partial charge in [-0.3, -0.25) is 4.68 Å². The molecule has 0 saturated heterocycles. The van der Waals surface area contributed by atoms with Crippen molar-refractivity contribution in [3.8, 4) is 0 Å². The van der Waals surface area contributed by atoms with Crippen LogP contribution in [0.1, 0.15) is 45.3 Å². The van der Waals surface area contributed by atoms with Crippen molar-refractivity contribution >= 4 is 0 Å². The van der Waals surface area contributed by atoms with Crippen LogP contribution in [0.3, 0.4) is 0 Å². The number of aliphatic hydroxyl groups is 1. The van der Waals surface area contributed by atoms with Gasteiger partial charge in [0.25, 0.3) is 0 Å². The molecule has 0 radical (unpaired) electrons. The second kappa shape index (κ2) is 5.85. The molecule has 0 spiro atoms. The molecule has 2 atom stereocenters. The number of aromatic nitrogens is 2. The minimum atomic E-state index is -0.437. The Hall–Kier alpha value is -0.870. The maximum atomic E-state index is 10.3. The van der Waals surface area contributed by atoms with Crippen molar-refractivity contribution in [2.75, 3.05) is 6.61 Å². The monoisotopic (exact) mass is 252 g/mol. The lowest BCUT2D eigenvalue weighted by atomic mass is 10.0. The Morgan fingerprint density at radius 2 is 2.22 bits per heavy atom. The average Bonchev–Trinajstić information content (AvgIpc) is 3.05. The summed E-state index contributed by atoms with van der Waals surface area (Å²) in [4.78, 5) is 0. The maximum Gasteiger partial charge on any atom is 0.0865 e. The smallest absolute Gasteiger partial charge is 0.0865 e. The third-order valence-corrected chi connectivity index (χ3v) is 3.44. The van der Waals surface area contributed by atoms with E-state index in [-0.39, 0.29) is 6.10 Å². The Balaban J connectivity index is 1.93. The van der Waals surface area contributed by atoms with Crippen molar-refractivity contribution in [2.45, 2.75) is 58.3 Å². The van der Waals surface area contributed by atoms with Gasteiger partial charge in [0.1, 0.15) is 0 Å². The lowest BCUT2D eigenvalue weighted by Gasteiger charge is -2.22. The van der Waals surface area contributed by atoms with E-state index < -0.39 is 6.10 Å². The largest absolute Gasteiger partial charge is 0.390 e. The van der Waals surface area contributed by atoms with E-state index in [0.29, 0.717) is 25.0 Å². The summed E-state index contributed by atoms with van der Waals surface area (Å²) in [5.41, 5.74) is 0.946. The zero-order valence-corrected chi connectivity index (χ0v) is 11.5. The van der Waals surface area contributed by atoms with E-state index >= 15 is 0 Å². The van der Waals surface area contributed by atoms with Gasteiger partial charge < -0.3 is 9.84 Å². The molecule has 0 bridgehead atoms. The van der Waals surface area contributed by atoms with Crippen LogP contribution in [0.25, 0.3) is 0 Å². The van der Waals surface area contributed by atoms with E-state index in [0.717, 1.165) is 5.69 Å². The van der Waals surface area contributed by atoms with Crippen LogP contribution in [0.4, 0.5) is 0 Å². The van der Waals surface area contributed by atoms with E-state index in [9.17, 15) is 5.11 Å². The molecule has 1 aliphatic rings. The Labute approximate surface area is 109 Å². The standard InChI is InChI=1S/C14H24N2O2/c1-4-18-14(11-5-6-11)13(17)9-12-7-8-16(15-12)10(2)3/h7-8,10-11,13-14,17H,4-6,9H2,1-3H3. The van der Waals surface area contributed by atoms with Crippen LogP contribution in [0, 0.1) is 5.92 Å². The molecule has 1 aliphatic carbocycles. The van der Waals surface area contributed by atoms with E-state index in [1.165, 1.54) is 12.8 Å². The third kappa shape index (κ3) is 3.33. The fourth-order valence-electron chi connectivity index (χ4n) is 2.28. The summed E-state index contributed by atoms with van der Waals surface area (Å²) in [7, 11) is 0. The van der Waals surface area contributed by atoms with Gasteiger partial charge in [0.2, 0.25) is 0 Å². The fourth-order valence-corrected chi connectivity index (χ4v) is 2.28. The molecule has 18 heavy (non-hydrogen) atoms. The average molecular weight is 252 g/mol. The number of nitrogens with zero attached hydrogens (tertiary/aromatic N) is 2. The van der Waals surface area contributed by atoms with Crippen LogP contribution in [-0.4, -0.2) is 33.7 Å². The van der Waals surface area contributed by atoms with Crippen LogP contribution >= 0.6 is 0 Å². The second-order valence-electron chi connectivity index (χ2n) is 5.41. The number of hydrogen-bond acceptors (Lipinski definition) is 3. The highest BCUT2D eigenvalue weighted by molar-refractivity contribution is 5.03. The highest BCUT2D eigenvalue weighted by Gasteiger charge is 2.36. The molecule has 4 heteroatoms. The van der Waals surface area contributed by atoms with E-state index in [1.807, 2.05) is 23.9 Å². The minimum absolute atomic E-state index is 0.0146. The van der Waals surface area contributed by atoms with Gasteiger partial charge >= 0.3 is 0 Å². The second-order valence-corrected chi connectivity index (χ2v) is 5.41. The Morgan fingerprint density at radius 3 is 2.72 bits per heavy atom. The molecule has 1 N–H and O–H groups in total. The molecule has 1 fully saturated rings. The Morgan fingerprint density at radius 1 is 1.50 bits per heavy atom. The van der Waals surface area contributed by atoms with Crippen LogP contribution < -0.4 is 0 Å². The molecule has 2 rings (SSSR count). The van der Waals surface area contributed by atoms with Crippen molar-refractivity contribution in [1.82, 2.24) is 9.78 Å². The molecule has 1 aromatic heterocycles. The molecule has 0 aliphatic heterocycles. The highest BCUT2D eigenvalue weighted by atomic mass is 16.5. The first-order valence-corrected chi connectivity index (χ1v) is 6.95. The van der Waals surface area contributed by atoms with Crippen molar-refractivity contribution in [3.05, 3.63) is 18.0 Å². The number of rotatable bonds is 7. The SMILES string of the molecule is CCOC(C(O)Cc1ccn(C(C)C)n1)C1CC1. The van der Waals surface area contributed by atoms with Crippen molar-refractivity contribution in [2.24, 2.45) is 5.92 Å². The molecule has 1 saturated carbocycles. The lowest BCUT2D eigenvalue weighted by Crippen LogP contribution is -2.33. The Bertz CT molecular complexity index is 372. The molecule has 4 nitrogen and oxygen atoms in total. The predicted molar refractivity (Wildman–Crippen MR) is 70.5 cm³/mol. The fraction of sp³-hybridized carbons (Fsp3) is 0.786. The maximum absolute atomic E-state index is 10.3. The summed E-state index contributed by atoms with van der Waals surface area (Å²) in [5.74, 6) is 0.548. The molecule has 2 unspecified atom stereocenters. The van der Waals surface area contributed by atoms with Gasteiger partial charge in [-0.15, -0.1) is 0 Å². The van der Waals surface area contributed by atoms with E-state index in [1.54, 1.807) is 0 Å². The van der Waals surface area contributed by atoms with Gasteiger partial charge in [-0.05, 0) is 45.6 Å². The first-order valence-electron chi connectivity index (χ1n) is 6.95. The van der Waals surface area contributed by atoms with Crippen LogP contribution in [-0.2, 0) is 11.2 Å². The Kier molecular flexibility index (Phi) is 4.40. The third-order valence-electron chi connectivity index (χ3n) is 3.44. The summed E-state index contributed by atoms with van der Waals surface area (Å²) in [6.45, 7) is 6.84. The topological polar surface area (TPSA) is 47.3 Å². The predicted octanol–water partition coefficient (Wildman–Crippen LogP) is 2.18. The first kappa shape index (κ1) is 13.6. The van der Waals surface area contributed by atoms with E-state index in [2.05, 4.69) is 18.9 Å². The summed E-state index contributed by atoms with van der Waals surface area (Å²) < 4.78 is 7.60. The van der Waals surface area contributed by atoms with Crippen molar-refractivity contribution in [3.63, 3.8) is 0 Å².